The lowest BCUT2D eigenvalue weighted by molar-refractivity contribution is -0.153. The molecule has 12 nitrogen and oxygen atoms in total. The average molecular weight is 739 g/mol. The smallest absolute Gasteiger partial charge is 0.410 e. The molecular weight excluding hydrogens is 692 g/mol. The Morgan fingerprint density at radius 3 is 1.52 bits per heavy atom. The Bertz CT molecular complexity index is 1770. The molecule has 0 aromatic heterocycles. The molecule has 12 heteroatoms. The lowest BCUT2D eigenvalue weighted by Crippen LogP contribution is -2.42. The van der Waals surface area contributed by atoms with Gasteiger partial charge in [0.15, 0.2) is 18.2 Å². The number of nitrogens with zero attached hydrogens (tertiary/aromatic N) is 2. The number of hydrogen-bond donors (Lipinski definition) is 0. The van der Waals surface area contributed by atoms with Crippen molar-refractivity contribution in [3.8, 4) is 0 Å². The molecule has 1 aliphatic carbocycles. The van der Waals surface area contributed by atoms with E-state index in [2.05, 4.69) is 0 Å². The van der Waals surface area contributed by atoms with Gasteiger partial charge in [0.1, 0.15) is 31.9 Å². The summed E-state index contributed by atoms with van der Waals surface area (Å²) in [6.07, 6.45) is 3.85. The van der Waals surface area contributed by atoms with Gasteiger partial charge in [0.25, 0.3) is 0 Å². The standard InChI is InChI=1S/C42H46N2O10/c45-37(27-51-39(47)35-13-7-23-43(35)41(49)53-25-29-9-3-1-4-10-29)33-19-15-31(16-20-33)32-17-21-34(22-18-32)38(46)28-52-40(48)36-14-8-24-44(36)42(50)54-26-30-11-5-2-6-12-30/h1-6,9-12,15-16,19-20,32,34-36H,7-8,13-14,17-18,21-28H2/t32?,34?,35?,36-/m0/s1. The Kier molecular flexibility index (Phi) is 13.1. The molecule has 284 valence electrons. The van der Waals surface area contributed by atoms with E-state index in [1.165, 1.54) is 9.80 Å². The Morgan fingerprint density at radius 2 is 1.02 bits per heavy atom. The molecule has 2 heterocycles. The molecule has 3 fully saturated rings. The van der Waals surface area contributed by atoms with E-state index < -0.39 is 42.8 Å². The summed E-state index contributed by atoms with van der Waals surface area (Å²) in [5, 5.41) is 0. The Labute approximate surface area is 314 Å². The molecule has 0 spiro atoms. The van der Waals surface area contributed by atoms with Crippen molar-refractivity contribution in [1.29, 1.82) is 0 Å². The maximum atomic E-state index is 13.0. The van der Waals surface area contributed by atoms with E-state index >= 15 is 0 Å². The second-order valence-electron chi connectivity index (χ2n) is 14.1. The number of amides is 2. The molecule has 3 aliphatic rings. The van der Waals surface area contributed by atoms with Crippen LogP contribution in [0.1, 0.15) is 84.3 Å². The van der Waals surface area contributed by atoms with Gasteiger partial charge in [-0.3, -0.25) is 19.4 Å². The Hall–Kier alpha value is -5.52. The molecule has 1 unspecified atom stereocenters. The third-order valence-electron chi connectivity index (χ3n) is 10.5. The Morgan fingerprint density at radius 1 is 0.537 bits per heavy atom. The predicted molar refractivity (Wildman–Crippen MR) is 195 cm³/mol. The van der Waals surface area contributed by atoms with E-state index in [0.717, 1.165) is 29.5 Å². The van der Waals surface area contributed by atoms with Crippen molar-refractivity contribution in [3.63, 3.8) is 0 Å². The van der Waals surface area contributed by atoms with Crippen LogP contribution in [0.4, 0.5) is 9.59 Å². The summed E-state index contributed by atoms with van der Waals surface area (Å²) in [6.45, 7) is 0.216. The lowest BCUT2D eigenvalue weighted by atomic mass is 9.77. The first-order valence-electron chi connectivity index (χ1n) is 18.7. The summed E-state index contributed by atoms with van der Waals surface area (Å²) in [5.41, 5.74) is 3.15. The number of likely N-dealkylation sites (tertiary alicyclic amines) is 2. The molecule has 0 N–H and O–H groups in total. The number of rotatable bonds is 13. The van der Waals surface area contributed by atoms with Crippen LogP contribution in [0.15, 0.2) is 84.9 Å². The van der Waals surface area contributed by atoms with Crippen molar-refractivity contribution in [1.82, 2.24) is 9.80 Å². The van der Waals surface area contributed by atoms with Crippen LogP contribution < -0.4 is 0 Å². The van der Waals surface area contributed by atoms with Gasteiger partial charge in [0, 0.05) is 24.6 Å². The fourth-order valence-corrected chi connectivity index (χ4v) is 7.43. The minimum Gasteiger partial charge on any atom is -0.456 e. The van der Waals surface area contributed by atoms with Crippen molar-refractivity contribution in [3.05, 3.63) is 107 Å². The van der Waals surface area contributed by atoms with Gasteiger partial charge in [-0.25, -0.2) is 19.2 Å². The van der Waals surface area contributed by atoms with Gasteiger partial charge in [-0.15, -0.1) is 0 Å². The van der Waals surface area contributed by atoms with Gasteiger partial charge in [-0.05, 0) is 74.0 Å². The molecule has 0 bridgehead atoms. The van der Waals surface area contributed by atoms with Crippen molar-refractivity contribution in [2.45, 2.75) is 82.6 Å². The summed E-state index contributed by atoms with van der Waals surface area (Å²) in [7, 11) is 0. The second-order valence-corrected chi connectivity index (χ2v) is 14.1. The van der Waals surface area contributed by atoms with Crippen molar-refractivity contribution >= 4 is 35.7 Å². The SMILES string of the molecule is O=C(COC(=O)C1CCCN1C(=O)OCc1ccccc1)c1ccc(C2CCC(C(=O)COC(=O)[C@@H]3CCCN3C(=O)OCc3ccccc3)CC2)cc1. The molecule has 2 atom stereocenters. The monoisotopic (exact) mass is 738 g/mol. The number of carbonyl (C=O) groups is 6. The molecule has 2 aliphatic heterocycles. The van der Waals surface area contributed by atoms with Crippen LogP contribution in [-0.4, -0.2) is 83.9 Å². The maximum absolute atomic E-state index is 13.0. The maximum Gasteiger partial charge on any atom is 0.410 e. The van der Waals surface area contributed by atoms with Crippen LogP contribution >= 0.6 is 0 Å². The molecular formula is C42H46N2O10. The fraction of sp³-hybridized carbons (Fsp3) is 0.429. The number of esters is 2. The number of ketones is 2. The topological polar surface area (TPSA) is 146 Å². The highest BCUT2D eigenvalue weighted by molar-refractivity contribution is 5.98. The average Bonchev–Trinajstić information content (AvgIpc) is 3.92. The number of Topliss-reactive ketones (excluding diaryl/α,β-unsaturated/α-hetero) is 2. The highest BCUT2D eigenvalue weighted by Crippen LogP contribution is 2.36. The highest BCUT2D eigenvalue weighted by Gasteiger charge is 2.38. The highest BCUT2D eigenvalue weighted by atomic mass is 16.6. The van der Waals surface area contributed by atoms with Gasteiger partial charge in [-0.1, -0.05) is 84.9 Å². The van der Waals surface area contributed by atoms with Crippen molar-refractivity contribution in [2.75, 3.05) is 26.3 Å². The van der Waals surface area contributed by atoms with Crippen molar-refractivity contribution < 1.29 is 47.7 Å². The van der Waals surface area contributed by atoms with E-state index in [9.17, 15) is 28.8 Å². The largest absolute Gasteiger partial charge is 0.456 e. The molecule has 0 radical (unpaired) electrons. The Balaban J connectivity index is 0.894. The number of hydrogen-bond acceptors (Lipinski definition) is 10. The zero-order valence-corrected chi connectivity index (χ0v) is 30.3. The summed E-state index contributed by atoms with van der Waals surface area (Å²) < 4.78 is 21.6. The van der Waals surface area contributed by atoms with Crippen LogP contribution in [-0.2, 0) is 46.5 Å². The van der Waals surface area contributed by atoms with Gasteiger partial charge >= 0.3 is 24.1 Å². The molecule has 1 saturated carbocycles. The van der Waals surface area contributed by atoms with Crippen LogP contribution in [0.25, 0.3) is 0 Å². The van der Waals surface area contributed by atoms with E-state index in [4.69, 9.17) is 18.9 Å². The third-order valence-corrected chi connectivity index (χ3v) is 10.5. The molecule has 3 aromatic rings. The van der Waals surface area contributed by atoms with E-state index in [1.807, 2.05) is 72.8 Å². The van der Waals surface area contributed by atoms with Crippen LogP contribution in [0.2, 0.25) is 0 Å². The molecule has 54 heavy (non-hydrogen) atoms. The number of benzene rings is 3. The molecule has 2 amide bonds. The second kappa shape index (κ2) is 18.5. The van der Waals surface area contributed by atoms with Crippen LogP contribution in [0, 0.1) is 5.92 Å². The van der Waals surface area contributed by atoms with Crippen LogP contribution in [0.5, 0.6) is 0 Å². The number of ether oxygens (including phenoxy) is 4. The summed E-state index contributed by atoms with van der Waals surface area (Å²) in [4.78, 5) is 79.7. The zero-order valence-electron chi connectivity index (χ0n) is 30.3. The lowest BCUT2D eigenvalue weighted by Gasteiger charge is -2.28. The fourth-order valence-electron chi connectivity index (χ4n) is 7.43. The first-order valence-corrected chi connectivity index (χ1v) is 18.7. The van der Waals surface area contributed by atoms with Crippen LogP contribution in [0.3, 0.4) is 0 Å². The predicted octanol–water partition coefficient (Wildman–Crippen LogP) is 6.40. The summed E-state index contributed by atoms with van der Waals surface area (Å²) in [6, 6.07) is 24.2. The quantitative estimate of drug-likeness (QED) is 0.110. The number of carbonyl (C=O) groups excluding carboxylic acids is 6. The van der Waals surface area contributed by atoms with Gasteiger partial charge in [-0.2, -0.15) is 0 Å². The van der Waals surface area contributed by atoms with Gasteiger partial charge < -0.3 is 18.9 Å². The molecule has 6 rings (SSSR count). The molecule has 3 aromatic carbocycles. The van der Waals surface area contributed by atoms with Gasteiger partial charge in [0.05, 0.1) is 0 Å². The first kappa shape index (κ1) is 38.2. The van der Waals surface area contributed by atoms with Gasteiger partial charge in [0.2, 0.25) is 0 Å². The first-order chi connectivity index (χ1) is 26.3. The van der Waals surface area contributed by atoms with E-state index in [1.54, 1.807) is 12.1 Å². The normalized spacial score (nSPS) is 20.9. The summed E-state index contributed by atoms with van der Waals surface area (Å²) in [5.74, 6) is -1.70. The van der Waals surface area contributed by atoms with E-state index in [-0.39, 0.29) is 43.2 Å². The van der Waals surface area contributed by atoms with Crippen molar-refractivity contribution in [2.24, 2.45) is 5.92 Å². The minimum atomic E-state index is -0.795. The zero-order chi connectivity index (χ0) is 37.9. The minimum absolute atomic E-state index is 0.0981. The third kappa shape index (κ3) is 9.91. The van der Waals surface area contributed by atoms with E-state index in [0.29, 0.717) is 57.2 Å². The summed E-state index contributed by atoms with van der Waals surface area (Å²) >= 11 is 0. The molecule has 2 saturated heterocycles.